The van der Waals surface area contributed by atoms with Gasteiger partial charge in [0.2, 0.25) is 12.1 Å². The van der Waals surface area contributed by atoms with Gasteiger partial charge in [0.1, 0.15) is 44.2 Å². The van der Waals surface area contributed by atoms with E-state index in [4.69, 9.17) is 56.8 Å². The SMILES string of the molecule is COc1cc(/C=C/C(=O)OC[C@H]2O[C@](COC(=O)/C=C/c3ccc(O)c(OC)c3)(O[C@H]3O[C@H](COC(C)=O)[C@@H](OC(C)=O)[C@H](O)[C@H]3OC(C)=O)[C@@H](OC(=O)/C=C/c3ccc(O)c(OC)c3)[C@@H]2O)ccc1O. The summed E-state index contributed by atoms with van der Waals surface area (Å²) in [5.41, 5.74) is 1.09. The van der Waals surface area contributed by atoms with Gasteiger partial charge in [-0.2, -0.15) is 0 Å². The molecule has 0 aliphatic carbocycles. The van der Waals surface area contributed by atoms with Crippen LogP contribution in [0.15, 0.2) is 72.8 Å². The number of carbonyl (C=O) groups is 6. The van der Waals surface area contributed by atoms with Crippen molar-refractivity contribution in [3.63, 3.8) is 0 Å². The topological polar surface area (TPSA) is 314 Å². The zero-order valence-electron chi connectivity index (χ0n) is 39.0. The van der Waals surface area contributed by atoms with Crippen LogP contribution in [-0.4, -0.2) is 157 Å². The van der Waals surface area contributed by atoms with E-state index in [0.717, 1.165) is 39.0 Å². The maximum Gasteiger partial charge on any atom is 0.331 e. The number of aliphatic hydroxyl groups excluding tert-OH is 2. The first kappa shape index (κ1) is 54.2. The number of aliphatic hydroxyl groups is 2. The highest BCUT2D eigenvalue weighted by molar-refractivity contribution is 5.88. The molecule has 0 bridgehead atoms. The summed E-state index contributed by atoms with van der Waals surface area (Å²) >= 11 is 0. The predicted octanol–water partition coefficient (Wildman–Crippen LogP) is 2.25. The molecular weight excluding hydrogens is 945 g/mol. The van der Waals surface area contributed by atoms with Crippen molar-refractivity contribution in [2.45, 2.75) is 75.6 Å². The van der Waals surface area contributed by atoms with Gasteiger partial charge in [-0.1, -0.05) is 18.2 Å². The second kappa shape index (κ2) is 24.7. The molecule has 2 heterocycles. The van der Waals surface area contributed by atoms with Crippen LogP contribution in [0.3, 0.4) is 0 Å². The zero-order valence-corrected chi connectivity index (χ0v) is 39.0. The Balaban J connectivity index is 1.56. The smallest absolute Gasteiger partial charge is 0.331 e. The molecule has 2 fully saturated rings. The van der Waals surface area contributed by atoms with Gasteiger partial charge in [-0.05, 0) is 71.3 Å². The molecule has 3 aromatic rings. The number of phenols is 3. The van der Waals surface area contributed by atoms with Crippen molar-refractivity contribution in [3.05, 3.63) is 89.5 Å². The van der Waals surface area contributed by atoms with Crippen molar-refractivity contribution in [2.75, 3.05) is 41.2 Å². The molecule has 0 aromatic heterocycles. The van der Waals surface area contributed by atoms with E-state index in [0.29, 0.717) is 16.7 Å². The summed E-state index contributed by atoms with van der Waals surface area (Å²) in [5, 5.41) is 53.6. The molecule has 2 saturated heterocycles. The molecule has 0 amide bonds. The minimum Gasteiger partial charge on any atom is -0.504 e. The van der Waals surface area contributed by atoms with Crippen LogP contribution < -0.4 is 14.2 Å². The number of aromatic hydroxyl groups is 3. The Kier molecular flexibility index (Phi) is 18.9. The number of ether oxygens (including phenoxy) is 12. The third kappa shape index (κ3) is 14.7. The molecule has 0 saturated carbocycles. The Labute approximate surface area is 405 Å². The van der Waals surface area contributed by atoms with E-state index in [1.54, 1.807) is 0 Å². The second-order valence-electron chi connectivity index (χ2n) is 15.4. The van der Waals surface area contributed by atoms with E-state index >= 15 is 0 Å². The lowest BCUT2D eigenvalue weighted by atomic mass is 9.98. The third-order valence-electron chi connectivity index (χ3n) is 10.4. The van der Waals surface area contributed by atoms with Crippen LogP contribution in [0.4, 0.5) is 0 Å². The first-order chi connectivity index (χ1) is 33.8. The van der Waals surface area contributed by atoms with E-state index in [-0.39, 0.29) is 34.5 Å². The van der Waals surface area contributed by atoms with Crippen molar-refractivity contribution < 1.29 is 111 Å². The van der Waals surface area contributed by atoms with Crippen molar-refractivity contribution in [2.24, 2.45) is 0 Å². The predicted molar refractivity (Wildman–Crippen MR) is 240 cm³/mol. The molecule has 2 aliphatic heterocycles. The Morgan fingerprint density at radius 2 is 1.01 bits per heavy atom. The number of carbonyl (C=O) groups excluding carboxylic acids is 6. The maximum atomic E-state index is 13.7. The summed E-state index contributed by atoms with van der Waals surface area (Å²) in [4.78, 5) is 77.0. The minimum absolute atomic E-state index is 0.0583. The van der Waals surface area contributed by atoms with Crippen molar-refractivity contribution in [1.29, 1.82) is 0 Å². The second-order valence-corrected chi connectivity index (χ2v) is 15.4. The molecule has 23 heteroatoms. The van der Waals surface area contributed by atoms with Crippen LogP contribution in [0.5, 0.6) is 34.5 Å². The van der Waals surface area contributed by atoms with E-state index in [1.165, 1.54) is 94.2 Å². The number of benzene rings is 3. The fraction of sp³-hybridized carbons (Fsp3) is 0.375. The summed E-state index contributed by atoms with van der Waals surface area (Å²) in [6.45, 7) is 0.383. The molecule has 2 aliphatic rings. The number of rotatable bonds is 20. The largest absolute Gasteiger partial charge is 0.504 e. The van der Waals surface area contributed by atoms with E-state index in [1.807, 2.05) is 0 Å². The minimum atomic E-state index is -2.77. The molecule has 0 unspecified atom stereocenters. The summed E-state index contributed by atoms with van der Waals surface area (Å²) < 4.78 is 66.5. The van der Waals surface area contributed by atoms with Gasteiger partial charge in [-0.25, -0.2) is 14.4 Å². The molecule has 5 N–H and O–H groups in total. The van der Waals surface area contributed by atoms with Gasteiger partial charge in [0.25, 0.3) is 0 Å². The lowest BCUT2D eigenvalue weighted by Crippen LogP contribution is -2.65. The van der Waals surface area contributed by atoms with Crippen molar-refractivity contribution in [3.8, 4) is 34.5 Å². The summed E-state index contributed by atoms with van der Waals surface area (Å²) in [7, 11) is 3.94. The van der Waals surface area contributed by atoms with Crippen LogP contribution in [-0.2, 0) is 71.4 Å². The van der Waals surface area contributed by atoms with Crippen LogP contribution in [0.1, 0.15) is 37.5 Å². The number of methoxy groups -OCH3 is 3. The van der Waals surface area contributed by atoms with Gasteiger partial charge in [-0.3, -0.25) is 14.4 Å². The van der Waals surface area contributed by atoms with E-state index in [2.05, 4.69) is 0 Å². The highest BCUT2D eigenvalue weighted by Gasteiger charge is 2.63. The fourth-order valence-corrected chi connectivity index (χ4v) is 7.04. The molecule has 0 radical (unpaired) electrons. The molecule has 71 heavy (non-hydrogen) atoms. The molecule has 9 atom stereocenters. The molecule has 5 rings (SSSR count). The Hall–Kier alpha value is -7.70. The highest BCUT2D eigenvalue weighted by atomic mass is 16.8. The molecule has 23 nitrogen and oxygen atoms in total. The Bertz CT molecular complexity index is 2500. The molecule has 3 aromatic carbocycles. The van der Waals surface area contributed by atoms with E-state index < -0.39 is 110 Å². The van der Waals surface area contributed by atoms with Gasteiger partial charge in [0, 0.05) is 39.0 Å². The maximum absolute atomic E-state index is 13.7. The molecule has 382 valence electrons. The number of hydrogen-bond acceptors (Lipinski definition) is 23. The Morgan fingerprint density at radius 3 is 1.48 bits per heavy atom. The quantitative estimate of drug-likeness (QED) is 0.0616. The zero-order chi connectivity index (χ0) is 52.0. The number of phenolic OH excluding ortho intramolecular Hbond substituents is 3. The highest BCUT2D eigenvalue weighted by Crippen LogP contribution is 2.40. The van der Waals surface area contributed by atoms with Crippen LogP contribution >= 0.6 is 0 Å². The molecule has 0 spiro atoms. The third-order valence-corrected chi connectivity index (χ3v) is 10.4. The van der Waals surface area contributed by atoms with Gasteiger partial charge < -0.3 is 82.4 Å². The van der Waals surface area contributed by atoms with E-state index in [9.17, 15) is 54.3 Å². The molecular formula is C48H52O23. The van der Waals surface area contributed by atoms with Gasteiger partial charge in [0.15, 0.2) is 52.8 Å². The summed E-state index contributed by atoms with van der Waals surface area (Å²) in [5.74, 6) is -9.16. The number of esters is 6. The van der Waals surface area contributed by atoms with Crippen LogP contribution in [0, 0.1) is 0 Å². The fourth-order valence-electron chi connectivity index (χ4n) is 7.04. The average Bonchev–Trinajstić information content (AvgIpc) is 3.58. The summed E-state index contributed by atoms with van der Waals surface area (Å²) in [6, 6.07) is 12.5. The normalized spacial score (nSPS) is 24.0. The number of hydrogen-bond donors (Lipinski definition) is 5. The lowest BCUT2D eigenvalue weighted by molar-refractivity contribution is -0.384. The van der Waals surface area contributed by atoms with Crippen molar-refractivity contribution >= 4 is 54.0 Å². The Morgan fingerprint density at radius 1 is 0.563 bits per heavy atom. The first-order valence-corrected chi connectivity index (χ1v) is 21.3. The monoisotopic (exact) mass is 996 g/mol. The van der Waals surface area contributed by atoms with Crippen molar-refractivity contribution in [1.82, 2.24) is 0 Å². The standard InChI is InChI=1S/C48H52O23/c1-25(49)63-23-38-44(66-26(2)50)43(59)45(67-27(3)51)47(68-38)71-48(24-65-40(56)17-11-29-8-14-32(53)35(20-29)61-5)46(69-41(57)18-12-30-9-15-33(54)36(21-30)62-6)42(58)37(70-48)22-64-39(55)16-10-28-7-13-31(52)34(19-28)60-4/h7-21,37-38,42-47,52-54,58-59H,22-24H2,1-6H3/b16-10+,17-11+,18-12+/t37-,38-,42-,43+,44-,45-,46+,47-,48-/m1/s1. The van der Waals surface area contributed by atoms with Crippen LogP contribution in [0.25, 0.3) is 18.2 Å². The van der Waals surface area contributed by atoms with Gasteiger partial charge in [-0.15, -0.1) is 0 Å². The van der Waals surface area contributed by atoms with Gasteiger partial charge >= 0.3 is 35.8 Å². The first-order valence-electron chi connectivity index (χ1n) is 21.3. The van der Waals surface area contributed by atoms with Gasteiger partial charge in [0.05, 0.1) is 21.3 Å². The average molecular weight is 997 g/mol. The lowest BCUT2D eigenvalue weighted by Gasteiger charge is -2.45. The van der Waals surface area contributed by atoms with Crippen LogP contribution in [0.2, 0.25) is 0 Å². The summed E-state index contributed by atoms with van der Waals surface area (Å²) in [6.07, 6.45) is -8.48.